The Kier molecular flexibility index (Phi) is 8.13. The van der Waals surface area contributed by atoms with Gasteiger partial charge in [-0.05, 0) is 60.9 Å². The Morgan fingerprint density at radius 1 is 0.919 bits per heavy atom. The van der Waals surface area contributed by atoms with Gasteiger partial charge in [-0.15, -0.1) is 0 Å². The van der Waals surface area contributed by atoms with Crippen LogP contribution in [0.3, 0.4) is 0 Å². The lowest BCUT2D eigenvalue weighted by Crippen LogP contribution is -2.29. The minimum atomic E-state index is -0.819. The van der Waals surface area contributed by atoms with Crippen LogP contribution in [0.15, 0.2) is 78.4 Å². The van der Waals surface area contributed by atoms with E-state index >= 15 is 0 Å². The smallest absolute Gasteiger partial charge is 0.295 e. The third kappa shape index (κ3) is 5.45. The Bertz CT molecular complexity index is 1280. The Hall–Kier alpha value is -4.26. The van der Waals surface area contributed by atoms with E-state index in [2.05, 4.69) is 0 Å². The van der Waals surface area contributed by atoms with Gasteiger partial charge in [-0.25, -0.2) is 0 Å². The molecular formula is C30H31NO6. The van der Waals surface area contributed by atoms with Crippen LogP contribution in [0.4, 0.5) is 0 Å². The van der Waals surface area contributed by atoms with Gasteiger partial charge in [-0.3, -0.25) is 9.59 Å². The van der Waals surface area contributed by atoms with Gasteiger partial charge in [0.2, 0.25) is 0 Å². The number of likely N-dealkylation sites (tertiary alicyclic amines) is 1. The highest BCUT2D eigenvalue weighted by atomic mass is 16.5. The van der Waals surface area contributed by atoms with Gasteiger partial charge in [-0.1, -0.05) is 43.3 Å². The van der Waals surface area contributed by atoms with Crippen LogP contribution >= 0.6 is 0 Å². The van der Waals surface area contributed by atoms with E-state index in [1.54, 1.807) is 42.5 Å². The molecule has 0 radical (unpaired) electrons. The van der Waals surface area contributed by atoms with Crippen molar-refractivity contribution >= 4 is 17.4 Å². The monoisotopic (exact) mass is 501 g/mol. The van der Waals surface area contributed by atoms with E-state index in [-0.39, 0.29) is 17.9 Å². The number of hydrogen-bond acceptors (Lipinski definition) is 6. The highest BCUT2D eigenvalue weighted by Gasteiger charge is 2.46. The van der Waals surface area contributed by atoms with E-state index < -0.39 is 17.7 Å². The average molecular weight is 502 g/mol. The summed E-state index contributed by atoms with van der Waals surface area (Å²) in [5, 5.41) is 11.3. The fourth-order valence-electron chi connectivity index (χ4n) is 4.38. The van der Waals surface area contributed by atoms with Crippen molar-refractivity contribution in [1.29, 1.82) is 0 Å². The largest absolute Gasteiger partial charge is 0.507 e. The molecular weight excluding hydrogens is 470 g/mol. The molecule has 4 rings (SSSR count). The van der Waals surface area contributed by atoms with E-state index in [1.807, 2.05) is 44.2 Å². The third-order valence-corrected chi connectivity index (χ3v) is 6.14. The van der Waals surface area contributed by atoms with Gasteiger partial charge in [0.15, 0.2) is 11.5 Å². The Balaban J connectivity index is 1.82. The number of ketones is 1. The maximum atomic E-state index is 13.3. The Morgan fingerprint density at radius 3 is 2.30 bits per heavy atom. The van der Waals surface area contributed by atoms with Crippen molar-refractivity contribution < 1.29 is 28.9 Å². The second kappa shape index (κ2) is 11.6. The molecule has 1 amide bonds. The number of benzene rings is 3. The van der Waals surface area contributed by atoms with E-state index in [0.717, 1.165) is 12.0 Å². The highest BCUT2D eigenvalue weighted by molar-refractivity contribution is 6.46. The molecule has 0 aliphatic carbocycles. The summed E-state index contributed by atoms with van der Waals surface area (Å²) >= 11 is 0. The number of carbonyl (C=O) groups excluding carboxylic acids is 2. The minimum absolute atomic E-state index is 0.0226. The van der Waals surface area contributed by atoms with Gasteiger partial charge in [0.25, 0.3) is 11.7 Å². The van der Waals surface area contributed by atoms with Crippen LogP contribution in [-0.4, -0.2) is 42.0 Å². The lowest BCUT2D eigenvalue weighted by Gasteiger charge is -2.26. The summed E-state index contributed by atoms with van der Waals surface area (Å²) in [6, 6.07) is 20.7. The first-order chi connectivity index (χ1) is 18.0. The van der Waals surface area contributed by atoms with Gasteiger partial charge in [0.1, 0.15) is 11.5 Å². The second-order valence-electron chi connectivity index (χ2n) is 8.63. The van der Waals surface area contributed by atoms with Gasteiger partial charge in [-0.2, -0.15) is 0 Å². The first-order valence-corrected chi connectivity index (χ1v) is 12.3. The molecule has 192 valence electrons. The second-order valence-corrected chi connectivity index (χ2v) is 8.63. The molecule has 3 aromatic carbocycles. The molecule has 1 atom stereocenters. The predicted molar refractivity (Wildman–Crippen MR) is 141 cm³/mol. The zero-order valence-corrected chi connectivity index (χ0v) is 21.3. The van der Waals surface area contributed by atoms with Crippen molar-refractivity contribution in [2.45, 2.75) is 32.9 Å². The van der Waals surface area contributed by atoms with E-state index in [1.165, 1.54) is 12.0 Å². The summed E-state index contributed by atoms with van der Waals surface area (Å²) in [6.07, 6.45) is 0.873. The molecule has 0 saturated carbocycles. The minimum Gasteiger partial charge on any atom is -0.507 e. The van der Waals surface area contributed by atoms with E-state index in [4.69, 9.17) is 14.2 Å². The van der Waals surface area contributed by atoms with Gasteiger partial charge in [0.05, 0.1) is 31.9 Å². The molecule has 1 aliphatic rings. The molecule has 1 saturated heterocycles. The summed E-state index contributed by atoms with van der Waals surface area (Å²) in [5.74, 6) is 0.0341. The Labute approximate surface area is 216 Å². The van der Waals surface area contributed by atoms with E-state index in [9.17, 15) is 14.7 Å². The molecule has 7 heteroatoms. The van der Waals surface area contributed by atoms with Crippen LogP contribution in [0.2, 0.25) is 0 Å². The molecule has 0 spiro atoms. The first kappa shape index (κ1) is 25.8. The summed E-state index contributed by atoms with van der Waals surface area (Å²) < 4.78 is 16.8. The fourth-order valence-corrected chi connectivity index (χ4v) is 4.38. The molecule has 1 unspecified atom stereocenters. The zero-order valence-electron chi connectivity index (χ0n) is 21.3. The van der Waals surface area contributed by atoms with Gasteiger partial charge < -0.3 is 24.2 Å². The normalized spacial score (nSPS) is 16.6. The number of hydrogen-bond donors (Lipinski definition) is 1. The van der Waals surface area contributed by atoms with Crippen LogP contribution in [0.5, 0.6) is 17.2 Å². The molecule has 1 fully saturated rings. The van der Waals surface area contributed by atoms with Crippen LogP contribution in [-0.2, 0) is 16.1 Å². The predicted octanol–water partition coefficient (Wildman–Crippen LogP) is 5.50. The van der Waals surface area contributed by atoms with Crippen molar-refractivity contribution in [3.05, 3.63) is 95.1 Å². The van der Waals surface area contributed by atoms with Crippen LogP contribution < -0.4 is 14.2 Å². The summed E-state index contributed by atoms with van der Waals surface area (Å²) in [6.45, 7) is 5.13. The van der Waals surface area contributed by atoms with Gasteiger partial charge >= 0.3 is 0 Å². The summed E-state index contributed by atoms with van der Waals surface area (Å²) in [4.78, 5) is 28.1. The van der Waals surface area contributed by atoms with Crippen molar-refractivity contribution in [3.63, 3.8) is 0 Å². The average Bonchev–Trinajstić information content (AvgIpc) is 3.17. The fraction of sp³-hybridized carbons (Fsp3) is 0.267. The standard InChI is InChI=1S/C30H31NO6/c1-4-17-37-23-14-11-21(12-15-23)28(32)26-27(22-13-16-24(36-5-2)25(18-22)35-3)31(30(34)29(26)33)19-20-9-7-6-8-10-20/h6-16,18,27,32H,4-5,17,19H2,1-3H3. The Morgan fingerprint density at radius 2 is 1.65 bits per heavy atom. The molecule has 0 bridgehead atoms. The molecule has 3 aromatic rings. The number of ether oxygens (including phenoxy) is 3. The maximum Gasteiger partial charge on any atom is 0.295 e. The summed E-state index contributed by atoms with van der Waals surface area (Å²) in [5.41, 5.74) is 1.93. The third-order valence-electron chi connectivity index (χ3n) is 6.14. The topological polar surface area (TPSA) is 85.3 Å². The van der Waals surface area contributed by atoms with Crippen molar-refractivity contribution in [1.82, 2.24) is 4.90 Å². The zero-order chi connectivity index (χ0) is 26.4. The highest BCUT2D eigenvalue weighted by Crippen LogP contribution is 2.42. The first-order valence-electron chi connectivity index (χ1n) is 12.3. The number of aliphatic hydroxyl groups excluding tert-OH is 1. The molecule has 1 heterocycles. The van der Waals surface area contributed by atoms with Crippen molar-refractivity contribution in [2.24, 2.45) is 0 Å². The van der Waals surface area contributed by atoms with E-state index in [0.29, 0.717) is 41.6 Å². The van der Waals surface area contributed by atoms with Crippen LogP contribution in [0.1, 0.15) is 43.0 Å². The number of amides is 1. The summed E-state index contributed by atoms with van der Waals surface area (Å²) in [7, 11) is 1.53. The quantitative estimate of drug-likeness (QED) is 0.224. The maximum absolute atomic E-state index is 13.3. The van der Waals surface area contributed by atoms with Crippen LogP contribution in [0, 0.1) is 0 Å². The number of carbonyl (C=O) groups is 2. The molecule has 1 N–H and O–H groups in total. The molecule has 7 nitrogen and oxygen atoms in total. The lowest BCUT2D eigenvalue weighted by atomic mass is 9.94. The molecule has 37 heavy (non-hydrogen) atoms. The number of Topliss-reactive ketones (excluding diaryl/α,β-unsaturated/α-hetero) is 1. The number of aliphatic hydroxyl groups is 1. The number of methoxy groups -OCH3 is 1. The van der Waals surface area contributed by atoms with Crippen molar-refractivity contribution in [2.75, 3.05) is 20.3 Å². The van der Waals surface area contributed by atoms with Crippen LogP contribution in [0.25, 0.3) is 5.76 Å². The molecule has 1 aliphatic heterocycles. The lowest BCUT2D eigenvalue weighted by molar-refractivity contribution is -0.140. The van der Waals surface area contributed by atoms with Crippen molar-refractivity contribution in [3.8, 4) is 17.2 Å². The SMILES string of the molecule is CCCOc1ccc(C(O)=C2C(=O)C(=O)N(Cc3ccccc3)C2c2ccc(OCC)c(OC)c2)cc1. The van der Waals surface area contributed by atoms with Gasteiger partial charge in [0, 0.05) is 12.1 Å². The molecule has 0 aromatic heterocycles. The number of nitrogens with zero attached hydrogens (tertiary/aromatic N) is 1. The number of rotatable bonds is 10.